The van der Waals surface area contributed by atoms with Crippen LogP contribution in [-0.4, -0.2) is 36.8 Å². The Bertz CT molecular complexity index is 897. The molecule has 1 aliphatic heterocycles. The maximum absolute atomic E-state index is 6.15. The minimum Gasteiger partial charge on any atom is -0.473 e. The van der Waals surface area contributed by atoms with Crippen LogP contribution in [0.5, 0.6) is 5.88 Å². The topological polar surface area (TPSA) is 64.3 Å². The maximum Gasteiger partial charge on any atom is 0.233 e. The number of piperidine rings is 1. The number of pyridine rings is 1. The zero-order valence-electron chi connectivity index (χ0n) is 15.7. The van der Waals surface area contributed by atoms with E-state index >= 15 is 0 Å². The third-order valence-electron chi connectivity index (χ3n) is 4.76. The van der Waals surface area contributed by atoms with Crippen LogP contribution in [0.4, 0.5) is 0 Å². The molecule has 1 N–H and O–H groups in total. The molecule has 1 fully saturated rings. The molecule has 0 radical (unpaired) electrons. The zero-order valence-corrected chi connectivity index (χ0v) is 15.7. The second-order valence-electron chi connectivity index (χ2n) is 8.41. The summed E-state index contributed by atoms with van der Waals surface area (Å²) in [5, 5.41) is 12.3. The normalized spacial score (nSPS) is 19.5. The van der Waals surface area contributed by atoms with Crippen molar-refractivity contribution in [1.82, 2.24) is 24.9 Å². The molecule has 0 unspecified atom stereocenters. The van der Waals surface area contributed by atoms with Crippen LogP contribution in [0, 0.1) is 0 Å². The van der Waals surface area contributed by atoms with E-state index in [1.807, 2.05) is 41.1 Å². The molecule has 6 heteroatoms. The number of aromatic nitrogens is 4. The van der Waals surface area contributed by atoms with Gasteiger partial charge in [0.2, 0.25) is 5.88 Å². The summed E-state index contributed by atoms with van der Waals surface area (Å²) in [4.78, 5) is 4.26. The van der Waals surface area contributed by atoms with Crippen LogP contribution in [0.3, 0.4) is 0 Å². The van der Waals surface area contributed by atoms with Crippen LogP contribution >= 0.6 is 0 Å². The molecule has 3 aromatic heterocycles. The minimum absolute atomic E-state index is 0.0417. The highest BCUT2D eigenvalue weighted by molar-refractivity contribution is 5.60. The number of hydrogen-bond acceptors (Lipinski definition) is 5. The van der Waals surface area contributed by atoms with Crippen LogP contribution in [-0.2, 0) is 0 Å². The molecule has 0 spiro atoms. The Morgan fingerprint density at radius 1 is 1.04 bits per heavy atom. The van der Waals surface area contributed by atoms with E-state index in [9.17, 15) is 0 Å². The summed E-state index contributed by atoms with van der Waals surface area (Å²) >= 11 is 0. The molecular formula is C20H25N5O. The van der Waals surface area contributed by atoms with E-state index < -0.39 is 0 Å². The van der Waals surface area contributed by atoms with Gasteiger partial charge >= 0.3 is 0 Å². The fourth-order valence-corrected chi connectivity index (χ4v) is 4.09. The molecule has 26 heavy (non-hydrogen) atoms. The average Bonchev–Trinajstić information content (AvgIpc) is 3.00. The highest BCUT2D eigenvalue weighted by atomic mass is 16.5. The van der Waals surface area contributed by atoms with Gasteiger partial charge in [-0.05, 0) is 45.9 Å². The standard InChI is InChI=1S/C20H25N5O/c1-19(2)11-15(12-20(3,4)24-19)26-18-8-6-16(22-23-18)14-5-7-17-21-9-10-25(17)13-14/h5-10,13,15,24H,11-12H2,1-4H3. The van der Waals surface area contributed by atoms with E-state index in [4.69, 9.17) is 4.74 Å². The van der Waals surface area contributed by atoms with Crippen molar-refractivity contribution in [3.63, 3.8) is 0 Å². The van der Waals surface area contributed by atoms with Gasteiger partial charge in [0.1, 0.15) is 11.8 Å². The summed E-state index contributed by atoms with van der Waals surface area (Å²) in [6, 6.07) is 7.84. The predicted molar refractivity (Wildman–Crippen MR) is 101 cm³/mol. The fourth-order valence-electron chi connectivity index (χ4n) is 4.09. The summed E-state index contributed by atoms with van der Waals surface area (Å²) in [5.41, 5.74) is 2.82. The molecule has 0 saturated carbocycles. The van der Waals surface area contributed by atoms with E-state index in [1.165, 1.54) is 0 Å². The van der Waals surface area contributed by atoms with Gasteiger partial charge in [-0.1, -0.05) is 0 Å². The van der Waals surface area contributed by atoms with Gasteiger partial charge in [-0.15, -0.1) is 10.2 Å². The van der Waals surface area contributed by atoms with Crippen LogP contribution in [0.1, 0.15) is 40.5 Å². The smallest absolute Gasteiger partial charge is 0.233 e. The van der Waals surface area contributed by atoms with E-state index in [1.54, 1.807) is 6.20 Å². The maximum atomic E-state index is 6.15. The van der Waals surface area contributed by atoms with Crippen molar-refractivity contribution in [1.29, 1.82) is 0 Å². The van der Waals surface area contributed by atoms with Crippen molar-refractivity contribution in [2.45, 2.75) is 57.7 Å². The average molecular weight is 351 g/mol. The first kappa shape index (κ1) is 17.0. The van der Waals surface area contributed by atoms with Gasteiger partial charge in [0.25, 0.3) is 0 Å². The summed E-state index contributed by atoms with van der Waals surface area (Å²) in [5.74, 6) is 0.580. The predicted octanol–water partition coefficient (Wildman–Crippen LogP) is 3.48. The number of hydrogen-bond donors (Lipinski definition) is 1. The van der Waals surface area contributed by atoms with Crippen molar-refractivity contribution in [3.8, 4) is 17.1 Å². The molecule has 1 saturated heterocycles. The Kier molecular flexibility index (Phi) is 3.95. The number of ether oxygens (including phenoxy) is 1. The van der Waals surface area contributed by atoms with Crippen LogP contribution in [0.25, 0.3) is 16.9 Å². The Balaban J connectivity index is 1.51. The van der Waals surface area contributed by atoms with E-state index in [-0.39, 0.29) is 17.2 Å². The van der Waals surface area contributed by atoms with Gasteiger partial charge < -0.3 is 14.5 Å². The first-order valence-electron chi connectivity index (χ1n) is 9.03. The van der Waals surface area contributed by atoms with Gasteiger partial charge in [0, 0.05) is 54.1 Å². The lowest BCUT2D eigenvalue weighted by atomic mass is 9.81. The highest BCUT2D eigenvalue weighted by Gasteiger charge is 2.38. The molecule has 6 nitrogen and oxygen atoms in total. The minimum atomic E-state index is 0.0417. The van der Waals surface area contributed by atoms with Gasteiger partial charge in [-0.25, -0.2) is 4.98 Å². The van der Waals surface area contributed by atoms with Crippen molar-refractivity contribution < 1.29 is 4.74 Å². The molecule has 0 aliphatic carbocycles. The Labute approximate surface area is 153 Å². The number of nitrogens with zero attached hydrogens (tertiary/aromatic N) is 4. The monoisotopic (exact) mass is 351 g/mol. The van der Waals surface area contributed by atoms with E-state index in [0.717, 1.165) is 29.7 Å². The Hall–Kier alpha value is -2.47. The van der Waals surface area contributed by atoms with Crippen molar-refractivity contribution in [2.75, 3.05) is 0 Å². The van der Waals surface area contributed by atoms with Gasteiger partial charge in [0.15, 0.2) is 0 Å². The van der Waals surface area contributed by atoms with Crippen molar-refractivity contribution >= 4 is 5.65 Å². The Morgan fingerprint density at radius 3 is 2.50 bits per heavy atom. The molecule has 4 rings (SSSR count). The molecule has 0 amide bonds. The largest absolute Gasteiger partial charge is 0.473 e. The number of nitrogens with one attached hydrogen (secondary N) is 1. The molecule has 4 heterocycles. The summed E-state index contributed by atoms with van der Waals surface area (Å²) in [6.07, 6.45) is 7.72. The summed E-state index contributed by atoms with van der Waals surface area (Å²) in [7, 11) is 0. The lowest BCUT2D eigenvalue weighted by Gasteiger charge is -2.46. The molecular weight excluding hydrogens is 326 g/mol. The molecule has 3 aromatic rings. The van der Waals surface area contributed by atoms with Gasteiger partial charge in [-0.3, -0.25) is 0 Å². The second kappa shape index (κ2) is 6.06. The third kappa shape index (κ3) is 3.55. The van der Waals surface area contributed by atoms with Crippen LogP contribution in [0.15, 0.2) is 42.9 Å². The zero-order chi connectivity index (χ0) is 18.4. The molecule has 0 atom stereocenters. The third-order valence-corrected chi connectivity index (χ3v) is 4.76. The van der Waals surface area contributed by atoms with Crippen LogP contribution < -0.4 is 10.1 Å². The van der Waals surface area contributed by atoms with Crippen LogP contribution in [0.2, 0.25) is 0 Å². The van der Waals surface area contributed by atoms with Gasteiger partial charge in [0.05, 0.1) is 5.69 Å². The number of imidazole rings is 1. The van der Waals surface area contributed by atoms with Gasteiger partial charge in [-0.2, -0.15) is 0 Å². The number of rotatable bonds is 3. The molecule has 1 aliphatic rings. The van der Waals surface area contributed by atoms with E-state index in [2.05, 4.69) is 48.2 Å². The highest BCUT2D eigenvalue weighted by Crippen LogP contribution is 2.31. The molecule has 0 bridgehead atoms. The fraction of sp³-hybridized carbons (Fsp3) is 0.450. The Morgan fingerprint density at radius 2 is 1.81 bits per heavy atom. The molecule has 136 valence electrons. The quantitative estimate of drug-likeness (QED) is 0.783. The molecule has 0 aromatic carbocycles. The van der Waals surface area contributed by atoms with Crippen molar-refractivity contribution in [2.24, 2.45) is 0 Å². The first-order chi connectivity index (χ1) is 12.3. The van der Waals surface area contributed by atoms with E-state index in [0.29, 0.717) is 5.88 Å². The first-order valence-corrected chi connectivity index (χ1v) is 9.03. The van der Waals surface area contributed by atoms with Crippen molar-refractivity contribution in [3.05, 3.63) is 42.9 Å². The lowest BCUT2D eigenvalue weighted by molar-refractivity contribution is 0.0524. The SMILES string of the molecule is CC1(C)CC(Oc2ccc(-c3ccc4nccn4c3)nn2)CC(C)(C)N1. The summed E-state index contributed by atoms with van der Waals surface area (Å²) in [6.45, 7) is 8.85. The summed E-state index contributed by atoms with van der Waals surface area (Å²) < 4.78 is 8.12. The number of fused-ring (bicyclic) bond motifs is 1. The second-order valence-corrected chi connectivity index (χ2v) is 8.41. The lowest BCUT2D eigenvalue weighted by Crippen LogP contribution is -2.60.